The predicted octanol–water partition coefficient (Wildman–Crippen LogP) is 1.38. The van der Waals surface area contributed by atoms with E-state index in [0.29, 0.717) is 16.5 Å². The van der Waals surface area contributed by atoms with Crippen LogP contribution < -0.4 is 19.8 Å². The van der Waals surface area contributed by atoms with Crippen LogP contribution in [0.4, 0.5) is 0 Å². The van der Waals surface area contributed by atoms with Crippen LogP contribution in [0, 0.1) is 0 Å². The molecule has 0 amide bonds. The summed E-state index contributed by atoms with van der Waals surface area (Å²) in [6, 6.07) is 7.45. The summed E-state index contributed by atoms with van der Waals surface area (Å²) in [7, 11) is 2.73. The zero-order valence-electron chi connectivity index (χ0n) is 24.8. The second-order valence-corrected chi connectivity index (χ2v) is 11.2. The van der Waals surface area contributed by atoms with Crippen molar-refractivity contribution in [3.05, 3.63) is 58.0 Å². The fraction of sp³-hybridized carbons (Fsp3) is 0.419. The van der Waals surface area contributed by atoms with Gasteiger partial charge in [0, 0.05) is 29.5 Å². The predicted molar refractivity (Wildman–Crippen MR) is 155 cm³/mol. The highest BCUT2D eigenvalue weighted by Gasteiger charge is 2.49. The Morgan fingerprint density at radius 1 is 1.00 bits per heavy atom. The molecule has 0 unspecified atom stereocenters. The SMILES string of the molecule is COc1cc(/C=C/C(=O)OC[C@H]2O[C@@H](OC(C)(C)[C@H]3Cc4cc5ccc(=O)oc5c(O)c4O3)[C@H](O)[C@@H](O)[C@@H]2O)cc(OC)c1O. The van der Waals surface area contributed by atoms with Crippen LogP contribution in [0.1, 0.15) is 25.0 Å². The first-order valence-corrected chi connectivity index (χ1v) is 14.0. The summed E-state index contributed by atoms with van der Waals surface area (Å²) in [6.45, 7) is 2.82. The summed E-state index contributed by atoms with van der Waals surface area (Å²) < 4.78 is 38.3. The fourth-order valence-corrected chi connectivity index (χ4v) is 5.20. The summed E-state index contributed by atoms with van der Waals surface area (Å²) in [4.78, 5) is 24.1. The van der Waals surface area contributed by atoms with E-state index in [1.807, 2.05) is 0 Å². The summed E-state index contributed by atoms with van der Waals surface area (Å²) in [5.41, 5.74) is -0.738. The van der Waals surface area contributed by atoms with Crippen molar-refractivity contribution in [3.63, 3.8) is 0 Å². The van der Waals surface area contributed by atoms with Gasteiger partial charge in [0.25, 0.3) is 0 Å². The number of aliphatic hydroxyl groups excluding tert-OH is 3. The molecule has 1 aromatic heterocycles. The fourth-order valence-electron chi connectivity index (χ4n) is 5.20. The Hall–Kier alpha value is -4.34. The number of carbonyl (C=O) groups is 1. The Kier molecular flexibility index (Phi) is 8.96. The minimum Gasteiger partial charge on any atom is -0.502 e. The van der Waals surface area contributed by atoms with Crippen LogP contribution in [-0.4, -0.2) is 94.7 Å². The molecule has 5 N–H and O–H groups in total. The number of carbonyl (C=O) groups excluding carboxylic acids is 1. The molecule has 45 heavy (non-hydrogen) atoms. The van der Waals surface area contributed by atoms with Gasteiger partial charge in [-0.05, 0) is 49.8 Å². The molecule has 14 nitrogen and oxygen atoms in total. The Bertz CT molecular complexity index is 1630. The van der Waals surface area contributed by atoms with E-state index in [1.165, 1.54) is 44.6 Å². The quantitative estimate of drug-likeness (QED) is 0.129. The summed E-state index contributed by atoms with van der Waals surface area (Å²) in [5.74, 6) is -0.947. The number of benzene rings is 2. The van der Waals surface area contributed by atoms with E-state index in [2.05, 4.69) is 0 Å². The number of fused-ring (bicyclic) bond motifs is 2. The zero-order chi connectivity index (χ0) is 32.6. The standard InChI is InChI=1S/C31H34O14/c1-31(2,20-12-16-11-15-6-8-22(33)44-28(15)27(38)29(16)43-20)45-30-26(37)25(36)24(35)19(42-30)13-41-21(32)7-5-14-9-17(39-3)23(34)18(10-14)40-4/h5-11,19-20,24-26,30,34-38H,12-13H2,1-4H3/b7-5+/t19-,20-,24-,25+,26-,30+/m1/s1. The molecular formula is C31H34O14. The number of hydrogen-bond donors (Lipinski definition) is 5. The van der Waals surface area contributed by atoms with E-state index in [0.717, 1.165) is 6.08 Å². The molecule has 0 aliphatic carbocycles. The van der Waals surface area contributed by atoms with Gasteiger partial charge in [-0.25, -0.2) is 9.59 Å². The molecule has 0 saturated carbocycles. The van der Waals surface area contributed by atoms with Crippen LogP contribution in [0.15, 0.2) is 45.6 Å². The molecule has 14 heteroatoms. The van der Waals surface area contributed by atoms with Gasteiger partial charge in [-0.2, -0.15) is 0 Å². The van der Waals surface area contributed by atoms with Crippen molar-refractivity contribution in [2.24, 2.45) is 0 Å². The number of hydrogen-bond acceptors (Lipinski definition) is 14. The lowest BCUT2D eigenvalue weighted by atomic mass is 9.95. The highest BCUT2D eigenvalue weighted by atomic mass is 16.7. The van der Waals surface area contributed by atoms with Crippen molar-refractivity contribution < 1.29 is 63.2 Å². The summed E-state index contributed by atoms with van der Waals surface area (Å²) in [6.07, 6.45) is -5.65. The third kappa shape index (κ3) is 6.41. The van der Waals surface area contributed by atoms with E-state index in [4.69, 9.17) is 32.8 Å². The molecular weight excluding hydrogens is 596 g/mol. The summed E-state index contributed by atoms with van der Waals surface area (Å²) in [5, 5.41) is 53.0. The van der Waals surface area contributed by atoms with E-state index in [1.54, 1.807) is 19.9 Å². The van der Waals surface area contributed by atoms with Gasteiger partial charge in [0.1, 0.15) is 42.7 Å². The molecule has 6 atom stereocenters. The first kappa shape index (κ1) is 32.1. The number of methoxy groups -OCH3 is 2. The van der Waals surface area contributed by atoms with E-state index >= 15 is 0 Å². The normalized spacial score (nSPS) is 24.8. The number of ether oxygens (including phenoxy) is 6. The third-order valence-electron chi connectivity index (χ3n) is 7.75. The minimum atomic E-state index is -1.70. The topological polar surface area (TPSA) is 204 Å². The molecule has 2 aliphatic rings. The number of esters is 1. The third-order valence-corrected chi connectivity index (χ3v) is 7.75. The Balaban J connectivity index is 1.24. The van der Waals surface area contributed by atoms with Gasteiger partial charge in [0.2, 0.25) is 11.5 Å². The molecule has 0 bridgehead atoms. The molecule has 3 aromatic rings. The molecule has 3 heterocycles. The van der Waals surface area contributed by atoms with Gasteiger partial charge in [-0.15, -0.1) is 0 Å². The van der Waals surface area contributed by atoms with Gasteiger partial charge >= 0.3 is 11.6 Å². The van der Waals surface area contributed by atoms with Crippen molar-refractivity contribution in [2.75, 3.05) is 20.8 Å². The van der Waals surface area contributed by atoms with Crippen molar-refractivity contribution in [1.29, 1.82) is 0 Å². The minimum absolute atomic E-state index is 0.0153. The van der Waals surface area contributed by atoms with E-state index in [9.17, 15) is 35.1 Å². The van der Waals surface area contributed by atoms with Gasteiger partial charge in [0.05, 0.1) is 14.2 Å². The van der Waals surface area contributed by atoms with Gasteiger partial charge in [-0.3, -0.25) is 0 Å². The second-order valence-electron chi connectivity index (χ2n) is 11.2. The van der Waals surface area contributed by atoms with Crippen LogP contribution in [0.25, 0.3) is 17.0 Å². The largest absolute Gasteiger partial charge is 0.502 e. The molecule has 1 fully saturated rings. The monoisotopic (exact) mass is 630 g/mol. The first-order valence-electron chi connectivity index (χ1n) is 14.0. The Morgan fingerprint density at radius 2 is 1.69 bits per heavy atom. The average Bonchev–Trinajstić information content (AvgIpc) is 3.46. The molecule has 0 radical (unpaired) electrons. The lowest BCUT2D eigenvalue weighted by Crippen LogP contribution is -2.61. The van der Waals surface area contributed by atoms with Crippen molar-refractivity contribution in [1.82, 2.24) is 0 Å². The van der Waals surface area contributed by atoms with Crippen LogP contribution in [0.3, 0.4) is 0 Å². The first-order chi connectivity index (χ1) is 21.3. The summed E-state index contributed by atoms with van der Waals surface area (Å²) >= 11 is 0. The molecule has 1 saturated heterocycles. The number of phenolic OH excluding ortho intramolecular Hbond substituents is 2. The smallest absolute Gasteiger partial charge is 0.336 e. The van der Waals surface area contributed by atoms with Gasteiger partial charge in [-0.1, -0.05) is 0 Å². The molecule has 0 spiro atoms. The molecule has 2 aromatic carbocycles. The van der Waals surface area contributed by atoms with Crippen molar-refractivity contribution in [3.8, 4) is 28.7 Å². The zero-order valence-corrected chi connectivity index (χ0v) is 24.8. The molecule has 2 aliphatic heterocycles. The number of aromatic hydroxyl groups is 2. The van der Waals surface area contributed by atoms with Gasteiger partial charge < -0.3 is 58.4 Å². The maximum Gasteiger partial charge on any atom is 0.336 e. The Labute approximate surface area is 256 Å². The highest BCUT2D eigenvalue weighted by molar-refractivity contribution is 5.87. The van der Waals surface area contributed by atoms with Crippen LogP contribution >= 0.6 is 0 Å². The molecule has 242 valence electrons. The van der Waals surface area contributed by atoms with E-state index < -0.39 is 60.6 Å². The highest BCUT2D eigenvalue weighted by Crippen LogP contribution is 2.45. The van der Waals surface area contributed by atoms with Crippen molar-refractivity contribution >= 4 is 23.0 Å². The van der Waals surface area contributed by atoms with Crippen LogP contribution in [-0.2, 0) is 25.4 Å². The number of aliphatic hydroxyl groups is 3. The van der Waals surface area contributed by atoms with E-state index in [-0.39, 0.29) is 40.8 Å². The maximum absolute atomic E-state index is 12.5. The lowest BCUT2D eigenvalue weighted by Gasteiger charge is -2.43. The lowest BCUT2D eigenvalue weighted by molar-refractivity contribution is -0.329. The number of rotatable bonds is 9. The maximum atomic E-state index is 12.5. The second kappa shape index (κ2) is 12.6. The van der Waals surface area contributed by atoms with Crippen molar-refractivity contribution in [2.45, 2.75) is 62.7 Å². The van der Waals surface area contributed by atoms with Crippen LogP contribution in [0.2, 0.25) is 0 Å². The Morgan fingerprint density at radius 3 is 2.36 bits per heavy atom. The number of phenols is 2. The average molecular weight is 631 g/mol. The molecule has 5 rings (SSSR count). The van der Waals surface area contributed by atoms with Gasteiger partial charge in [0.15, 0.2) is 29.1 Å². The van der Waals surface area contributed by atoms with Crippen LogP contribution in [0.5, 0.6) is 28.7 Å².